The summed E-state index contributed by atoms with van der Waals surface area (Å²) in [5, 5.41) is 9.17. The molecular formula is C12H19NO4S. The predicted molar refractivity (Wildman–Crippen MR) is 68.7 cm³/mol. The first-order valence-electron chi connectivity index (χ1n) is 5.77. The molecule has 1 rings (SSSR count). The average Bonchev–Trinajstić information content (AvgIpc) is 2.38. The molecule has 0 aliphatic rings. The number of hydrogen-bond donors (Lipinski definition) is 1. The van der Waals surface area contributed by atoms with E-state index in [1.54, 1.807) is 18.2 Å². The first-order chi connectivity index (χ1) is 8.54. The van der Waals surface area contributed by atoms with E-state index >= 15 is 0 Å². The number of likely N-dealkylation sites (N-methyl/N-ethyl adjacent to an activating group) is 1. The van der Waals surface area contributed by atoms with Gasteiger partial charge in [-0.3, -0.25) is 0 Å². The summed E-state index contributed by atoms with van der Waals surface area (Å²) in [7, 11) is -2.07. The van der Waals surface area contributed by atoms with E-state index in [9.17, 15) is 13.5 Å². The van der Waals surface area contributed by atoms with E-state index in [4.69, 9.17) is 4.74 Å². The second-order valence-corrected chi connectivity index (χ2v) is 5.80. The van der Waals surface area contributed by atoms with Gasteiger partial charge in [-0.05, 0) is 18.6 Å². The van der Waals surface area contributed by atoms with Gasteiger partial charge in [0.1, 0.15) is 0 Å². The van der Waals surface area contributed by atoms with Crippen molar-refractivity contribution in [2.45, 2.75) is 18.4 Å². The van der Waals surface area contributed by atoms with Gasteiger partial charge in [-0.2, -0.15) is 4.31 Å². The molecule has 0 atom stereocenters. The summed E-state index contributed by atoms with van der Waals surface area (Å²) >= 11 is 0. The Hall–Kier alpha value is -0.950. The molecule has 0 aromatic heterocycles. The maximum absolute atomic E-state index is 12.3. The first kappa shape index (κ1) is 15.1. The molecule has 0 saturated carbocycles. The van der Waals surface area contributed by atoms with Gasteiger partial charge in [0.05, 0.1) is 18.1 Å². The SMILES string of the molecule is CCOCCN(C)S(=O)(=O)c1ccccc1CO. The second-order valence-electron chi connectivity index (χ2n) is 3.79. The fraction of sp³-hybridized carbons (Fsp3) is 0.500. The molecule has 0 aliphatic heterocycles. The van der Waals surface area contributed by atoms with Crippen LogP contribution < -0.4 is 0 Å². The van der Waals surface area contributed by atoms with Gasteiger partial charge < -0.3 is 9.84 Å². The molecule has 18 heavy (non-hydrogen) atoms. The highest BCUT2D eigenvalue weighted by Crippen LogP contribution is 2.18. The maximum Gasteiger partial charge on any atom is 0.243 e. The molecule has 0 saturated heterocycles. The Kier molecular flexibility index (Phi) is 5.74. The van der Waals surface area contributed by atoms with Gasteiger partial charge in [-0.15, -0.1) is 0 Å². The molecule has 0 fully saturated rings. The smallest absolute Gasteiger partial charge is 0.243 e. The fourth-order valence-corrected chi connectivity index (χ4v) is 2.88. The highest BCUT2D eigenvalue weighted by Gasteiger charge is 2.22. The lowest BCUT2D eigenvalue weighted by molar-refractivity contribution is 0.138. The van der Waals surface area contributed by atoms with Gasteiger partial charge in [-0.25, -0.2) is 8.42 Å². The van der Waals surface area contributed by atoms with Crippen molar-refractivity contribution in [3.8, 4) is 0 Å². The summed E-state index contributed by atoms with van der Waals surface area (Å²) in [6.45, 7) is 2.76. The number of nitrogens with zero attached hydrogens (tertiary/aromatic N) is 1. The standard InChI is InChI=1S/C12H19NO4S/c1-3-17-9-8-13(2)18(15,16)12-7-5-4-6-11(12)10-14/h4-7,14H,3,8-10H2,1-2H3. The van der Waals surface area contributed by atoms with Crippen molar-refractivity contribution in [1.82, 2.24) is 4.31 Å². The number of benzene rings is 1. The molecule has 102 valence electrons. The zero-order valence-electron chi connectivity index (χ0n) is 10.7. The lowest BCUT2D eigenvalue weighted by Gasteiger charge is -2.18. The quantitative estimate of drug-likeness (QED) is 0.747. The Balaban J connectivity index is 2.91. The summed E-state index contributed by atoms with van der Waals surface area (Å²) < 4.78 is 30.9. The third-order valence-corrected chi connectivity index (χ3v) is 4.54. The van der Waals surface area contributed by atoms with Crippen LogP contribution in [0.4, 0.5) is 0 Å². The van der Waals surface area contributed by atoms with Crippen LogP contribution in [0.3, 0.4) is 0 Å². The molecule has 1 N–H and O–H groups in total. The lowest BCUT2D eigenvalue weighted by atomic mass is 10.2. The highest BCUT2D eigenvalue weighted by atomic mass is 32.2. The summed E-state index contributed by atoms with van der Waals surface area (Å²) in [5.41, 5.74) is 0.403. The highest BCUT2D eigenvalue weighted by molar-refractivity contribution is 7.89. The van der Waals surface area contributed by atoms with E-state index in [2.05, 4.69) is 0 Å². The van der Waals surface area contributed by atoms with Gasteiger partial charge in [0.2, 0.25) is 10.0 Å². The predicted octanol–water partition coefficient (Wildman–Crippen LogP) is 0.836. The van der Waals surface area contributed by atoms with E-state index in [-0.39, 0.29) is 18.0 Å². The third-order valence-electron chi connectivity index (χ3n) is 2.59. The van der Waals surface area contributed by atoms with Gasteiger partial charge in [0.25, 0.3) is 0 Å². The Labute approximate surface area is 108 Å². The molecule has 0 bridgehead atoms. The molecule has 0 aliphatic carbocycles. The van der Waals surface area contributed by atoms with Crippen molar-refractivity contribution < 1.29 is 18.3 Å². The molecule has 0 heterocycles. The minimum absolute atomic E-state index is 0.145. The van der Waals surface area contributed by atoms with Gasteiger partial charge >= 0.3 is 0 Å². The first-order valence-corrected chi connectivity index (χ1v) is 7.21. The van der Waals surface area contributed by atoms with Crippen molar-refractivity contribution in [1.29, 1.82) is 0 Å². The molecule has 6 heteroatoms. The third kappa shape index (κ3) is 3.52. The Morgan fingerprint density at radius 2 is 2.00 bits per heavy atom. The average molecular weight is 273 g/mol. The second kappa shape index (κ2) is 6.84. The fourth-order valence-electron chi connectivity index (χ4n) is 1.51. The van der Waals surface area contributed by atoms with Crippen LogP contribution in [0.15, 0.2) is 29.2 Å². The minimum atomic E-state index is -3.57. The molecular weight excluding hydrogens is 254 g/mol. The van der Waals surface area contributed by atoms with Crippen molar-refractivity contribution in [2.75, 3.05) is 26.8 Å². The number of rotatable bonds is 7. The minimum Gasteiger partial charge on any atom is -0.392 e. The number of ether oxygens (including phenoxy) is 1. The molecule has 0 spiro atoms. The van der Waals surface area contributed by atoms with Crippen molar-refractivity contribution >= 4 is 10.0 Å². The largest absolute Gasteiger partial charge is 0.392 e. The molecule has 1 aromatic carbocycles. The summed E-state index contributed by atoms with van der Waals surface area (Å²) in [4.78, 5) is 0.145. The number of aliphatic hydroxyl groups excluding tert-OH is 1. The number of aliphatic hydroxyl groups is 1. The van der Waals surface area contributed by atoms with Crippen molar-refractivity contribution in [3.05, 3.63) is 29.8 Å². The van der Waals surface area contributed by atoms with Gasteiger partial charge in [0, 0.05) is 20.2 Å². The van der Waals surface area contributed by atoms with Crippen LogP contribution in [0.1, 0.15) is 12.5 Å². The monoisotopic (exact) mass is 273 g/mol. The maximum atomic E-state index is 12.3. The molecule has 5 nitrogen and oxygen atoms in total. The van der Waals surface area contributed by atoms with Crippen LogP contribution in [0.5, 0.6) is 0 Å². The lowest BCUT2D eigenvalue weighted by Crippen LogP contribution is -2.31. The van der Waals surface area contributed by atoms with E-state index < -0.39 is 10.0 Å². The van der Waals surface area contributed by atoms with Crippen LogP contribution in [0.2, 0.25) is 0 Å². The van der Waals surface area contributed by atoms with E-state index in [0.717, 1.165) is 0 Å². The number of sulfonamides is 1. The van der Waals surface area contributed by atoms with Crippen molar-refractivity contribution in [2.24, 2.45) is 0 Å². The zero-order chi connectivity index (χ0) is 13.6. The van der Waals surface area contributed by atoms with Crippen LogP contribution >= 0.6 is 0 Å². The normalized spacial score (nSPS) is 12.0. The van der Waals surface area contributed by atoms with Crippen LogP contribution in [-0.2, 0) is 21.4 Å². The van der Waals surface area contributed by atoms with Crippen LogP contribution in [-0.4, -0.2) is 44.6 Å². The Morgan fingerprint density at radius 3 is 2.61 bits per heavy atom. The Morgan fingerprint density at radius 1 is 1.33 bits per heavy atom. The summed E-state index contributed by atoms with van der Waals surface area (Å²) in [6.07, 6.45) is 0. The Bertz CT molecular complexity index is 473. The zero-order valence-corrected chi connectivity index (χ0v) is 11.5. The summed E-state index contributed by atoms with van der Waals surface area (Å²) in [6, 6.07) is 6.44. The van der Waals surface area contributed by atoms with Gasteiger partial charge in [0.15, 0.2) is 0 Å². The topological polar surface area (TPSA) is 66.8 Å². The molecule has 0 radical (unpaired) electrons. The molecule has 0 unspecified atom stereocenters. The number of hydrogen-bond acceptors (Lipinski definition) is 4. The van der Waals surface area contributed by atoms with E-state index in [0.29, 0.717) is 18.8 Å². The van der Waals surface area contributed by atoms with Crippen LogP contribution in [0.25, 0.3) is 0 Å². The van der Waals surface area contributed by atoms with Crippen LogP contribution in [0, 0.1) is 0 Å². The molecule has 0 amide bonds. The van der Waals surface area contributed by atoms with E-state index in [1.807, 2.05) is 6.92 Å². The van der Waals surface area contributed by atoms with Gasteiger partial charge in [-0.1, -0.05) is 18.2 Å². The van der Waals surface area contributed by atoms with E-state index in [1.165, 1.54) is 17.4 Å². The van der Waals surface area contributed by atoms with Crippen molar-refractivity contribution in [3.63, 3.8) is 0 Å². The summed E-state index contributed by atoms with van der Waals surface area (Å²) in [5.74, 6) is 0. The molecule has 1 aromatic rings.